The van der Waals surface area contributed by atoms with Crippen LogP contribution < -0.4 is 0 Å². The normalized spacial score (nSPS) is 29.5. The Balaban J connectivity index is 1.60. The number of hydrogen-bond acceptors (Lipinski definition) is 4. The first-order chi connectivity index (χ1) is 11.1. The minimum atomic E-state index is -0.661. The lowest BCUT2D eigenvalue weighted by molar-refractivity contribution is -0.150. The van der Waals surface area contributed by atoms with Crippen LogP contribution in [0.25, 0.3) is 0 Å². The topological polar surface area (TPSA) is 62.7 Å². The molecule has 1 N–H and O–H groups in total. The molecule has 1 amide bonds. The Hall–Kier alpha value is -1.46. The van der Waals surface area contributed by atoms with Crippen LogP contribution in [0.3, 0.4) is 0 Å². The van der Waals surface area contributed by atoms with E-state index in [0.29, 0.717) is 31.8 Å². The fraction of sp³-hybridized carbons (Fsp3) is 0.667. The number of likely N-dealkylation sites (tertiary alicyclic amines) is 1. The second-order valence-electron chi connectivity index (χ2n) is 6.87. The van der Waals surface area contributed by atoms with Gasteiger partial charge in [0.25, 0.3) is 0 Å². The van der Waals surface area contributed by atoms with Gasteiger partial charge in [-0.25, -0.2) is 0 Å². The lowest BCUT2D eigenvalue weighted by Gasteiger charge is -2.48. The number of aromatic nitrogens is 1. The third kappa shape index (κ3) is 3.56. The molecule has 0 spiro atoms. The van der Waals surface area contributed by atoms with Gasteiger partial charge in [0, 0.05) is 44.1 Å². The lowest BCUT2D eigenvalue weighted by Crippen LogP contribution is -2.57. The largest absolute Gasteiger partial charge is 0.389 e. The van der Waals surface area contributed by atoms with Crippen LogP contribution in [0.1, 0.15) is 31.9 Å². The van der Waals surface area contributed by atoms with Crippen molar-refractivity contribution in [3.8, 4) is 0 Å². The first-order valence-electron chi connectivity index (χ1n) is 8.57. The van der Waals surface area contributed by atoms with Crippen molar-refractivity contribution in [2.75, 3.05) is 26.3 Å². The van der Waals surface area contributed by atoms with Crippen molar-refractivity contribution in [1.82, 2.24) is 9.88 Å². The predicted octanol–water partition coefficient (Wildman–Crippen LogP) is 1.65. The van der Waals surface area contributed by atoms with Crippen LogP contribution >= 0.6 is 0 Å². The SMILES string of the molecule is C[C@@H]1CN(C(=O)Cc2ccccn2)CC[C@@]1(O)C1CCOCC1. The summed E-state index contributed by atoms with van der Waals surface area (Å²) in [5.74, 6) is 0.482. The van der Waals surface area contributed by atoms with Gasteiger partial charge < -0.3 is 14.7 Å². The van der Waals surface area contributed by atoms with Crippen molar-refractivity contribution in [2.45, 2.75) is 38.2 Å². The highest BCUT2D eigenvalue weighted by atomic mass is 16.5. The Morgan fingerprint density at radius 3 is 2.87 bits per heavy atom. The van der Waals surface area contributed by atoms with Crippen molar-refractivity contribution < 1.29 is 14.6 Å². The summed E-state index contributed by atoms with van der Waals surface area (Å²) >= 11 is 0. The van der Waals surface area contributed by atoms with Gasteiger partial charge >= 0.3 is 0 Å². The molecular formula is C18H26N2O3. The average Bonchev–Trinajstić information content (AvgIpc) is 2.59. The summed E-state index contributed by atoms with van der Waals surface area (Å²) in [4.78, 5) is 18.6. The second kappa shape index (κ2) is 6.97. The van der Waals surface area contributed by atoms with E-state index >= 15 is 0 Å². The zero-order chi connectivity index (χ0) is 16.3. The molecule has 0 radical (unpaired) electrons. The van der Waals surface area contributed by atoms with E-state index in [0.717, 1.165) is 31.7 Å². The van der Waals surface area contributed by atoms with E-state index in [1.165, 1.54) is 0 Å². The van der Waals surface area contributed by atoms with Crippen molar-refractivity contribution in [2.24, 2.45) is 11.8 Å². The van der Waals surface area contributed by atoms with Gasteiger partial charge in [0.2, 0.25) is 5.91 Å². The van der Waals surface area contributed by atoms with Gasteiger partial charge in [0.1, 0.15) is 0 Å². The molecule has 2 atom stereocenters. The van der Waals surface area contributed by atoms with E-state index in [1.54, 1.807) is 6.20 Å². The number of rotatable bonds is 3. The Morgan fingerprint density at radius 1 is 1.43 bits per heavy atom. The van der Waals surface area contributed by atoms with Crippen LogP contribution in [0.15, 0.2) is 24.4 Å². The van der Waals surface area contributed by atoms with Crippen molar-refractivity contribution in [1.29, 1.82) is 0 Å². The Bertz CT molecular complexity index is 530. The fourth-order valence-electron chi connectivity index (χ4n) is 3.94. The molecule has 0 saturated carbocycles. The lowest BCUT2D eigenvalue weighted by atomic mass is 9.70. The summed E-state index contributed by atoms with van der Waals surface area (Å²) in [6, 6.07) is 5.63. The Morgan fingerprint density at radius 2 is 2.22 bits per heavy atom. The minimum Gasteiger partial charge on any atom is -0.389 e. The zero-order valence-electron chi connectivity index (χ0n) is 13.8. The Labute approximate surface area is 137 Å². The molecule has 3 heterocycles. The van der Waals surface area contributed by atoms with E-state index < -0.39 is 5.60 Å². The molecule has 5 heteroatoms. The third-order valence-corrected chi connectivity index (χ3v) is 5.47. The zero-order valence-corrected chi connectivity index (χ0v) is 13.8. The highest BCUT2D eigenvalue weighted by molar-refractivity contribution is 5.78. The van der Waals surface area contributed by atoms with Crippen molar-refractivity contribution in [3.63, 3.8) is 0 Å². The summed E-state index contributed by atoms with van der Waals surface area (Å²) in [5, 5.41) is 11.1. The summed E-state index contributed by atoms with van der Waals surface area (Å²) < 4.78 is 5.41. The van der Waals surface area contributed by atoms with Crippen molar-refractivity contribution >= 4 is 5.91 Å². The van der Waals surface area contributed by atoms with Crippen molar-refractivity contribution in [3.05, 3.63) is 30.1 Å². The summed E-state index contributed by atoms with van der Waals surface area (Å²) in [7, 11) is 0. The molecule has 3 rings (SSSR count). The number of carbonyl (C=O) groups is 1. The summed E-state index contributed by atoms with van der Waals surface area (Å²) in [6.07, 6.45) is 4.55. The highest BCUT2D eigenvalue weighted by Crippen LogP contribution is 2.39. The first kappa shape index (κ1) is 16.4. The standard InChI is InChI=1S/C18H26N2O3/c1-14-13-20(17(21)12-16-4-2-3-8-19-16)9-7-18(14,22)15-5-10-23-11-6-15/h2-4,8,14-15,22H,5-7,9-13H2,1H3/t14-,18+/m1/s1. The maximum atomic E-state index is 12.5. The molecule has 126 valence electrons. The molecule has 1 aromatic heterocycles. The number of hydrogen-bond donors (Lipinski definition) is 1. The van der Waals surface area contributed by atoms with E-state index in [1.807, 2.05) is 23.1 Å². The number of carbonyl (C=O) groups excluding carboxylic acids is 1. The van der Waals surface area contributed by atoms with E-state index in [-0.39, 0.29) is 11.8 Å². The summed E-state index contributed by atoms with van der Waals surface area (Å²) in [6.45, 7) is 4.79. The van der Waals surface area contributed by atoms with E-state index in [4.69, 9.17) is 4.74 Å². The van der Waals surface area contributed by atoms with Crippen LogP contribution in [0.2, 0.25) is 0 Å². The summed E-state index contributed by atoms with van der Waals surface area (Å²) in [5.41, 5.74) is 0.140. The first-order valence-corrected chi connectivity index (χ1v) is 8.57. The highest BCUT2D eigenvalue weighted by Gasteiger charge is 2.45. The molecule has 0 aromatic carbocycles. The number of piperidine rings is 1. The molecule has 2 aliphatic rings. The molecule has 0 unspecified atom stereocenters. The number of ether oxygens (including phenoxy) is 1. The maximum Gasteiger partial charge on any atom is 0.228 e. The molecule has 5 nitrogen and oxygen atoms in total. The second-order valence-corrected chi connectivity index (χ2v) is 6.87. The smallest absolute Gasteiger partial charge is 0.228 e. The van der Waals surface area contributed by atoms with Gasteiger partial charge in [-0.15, -0.1) is 0 Å². The number of amides is 1. The van der Waals surface area contributed by atoms with E-state index in [9.17, 15) is 9.90 Å². The van der Waals surface area contributed by atoms with Crippen LogP contribution in [-0.2, 0) is 16.0 Å². The predicted molar refractivity (Wildman–Crippen MR) is 86.8 cm³/mol. The van der Waals surface area contributed by atoms with Gasteiger partial charge in [0.05, 0.1) is 12.0 Å². The molecule has 23 heavy (non-hydrogen) atoms. The third-order valence-electron chi connectivity index (χ3n) is 5.47. The number of nitrogens with zero attached hydrogens (tertiary/aromatic N) is 2. The monoisotopic (exact) mass is 318 g/mol. The van der Waals surface area contributed by atoms with Crippen LogP contribution in [-0.4, -0.2) is 52.8 Å². The van der Waals surface area contributed by atoms with Gasteiger partial charge in [0.15, 0.2) is 0 Å². The minimum absolute atomic E-state index is 0.0898. The van der Waals surface area contributed by atoms with Crippen LogP contribution in [0, 0.1) is 11.8 Å². The molecule has 0 bridgehead atoms. The van der Waals surface area contributed by atoms with Gasteiger partial charge in [-0.3, -0.25) is 9.78 Å². The van der Waals surface area contributed by atoms with Gasteiger partial charge in [-0.1, -0.05) is 13.0 Å². The number of aliphatic hydroxyl groups is 1. The van der Waals surface area contributed by atoms with E-state index in [2.05, 4.69) is 11.9 Å². The maximum absolute atomic E-state index is 12.5. The molecule has 2 fully saturated rings. The van der Waals surface area contributed by atoms with Gasteiger partial charge in [-0.2, -0.15) is 0 Å². The average molecular weight is 318 g/mol. The molecule has 2 saturated heterocycles. The molecule has 1 aromatic rings. The molecular weight excluding hydrogens is 292 g/mol. The van der Waals surface area contributed by atoms with Gasteiger partial charge in [-0.05, 0) is 37.3 Å². The fourth-order valence-corrected chi connectivity index (χ4v) is 3.94. The quantitative estimate of drug-likeness (QED) is 0.920. The molecule has 0 aliphatic carbocycles. The molecule has 2 aliphatic heterocycles. The Kier molecular flexibility index (Phi) is 4.97. The number of pyridine rings is 1. The van der Waals surface area contributed by atoms with Crippen LogP contribution in [0.5, 0.6) is 0 Å². The van der Waals surface area contributed by atoms with Crippen LogP contribution in [0.4, 0.5) is 0 Å².